The largest absolute Gasteiger partial charge is 0.390 e. The van der Waals surface area contributed by atoms with Gasteiger partial charge < -0.3 is 15.3 Å². The molecule has 0 aromatic carbocycles. The molecule has 2 aromatic heterocycles. The Labute approximate surface area is 202 Å². The Hall–Kier alpha value is -2.41. The summed E-state index contributed by atoms with van der Waals surface area (Å²) in [4.78, 5) is 32.2. The van der Waals surface area contributed by atoms with Crippen molar-refractivity contribution in [2.24, 2.45) is 17.3 Å². The normalized spacial score (nSPS) is 24.7. The highest BCUT2D eigenvalue weighted by atomic mass is 16.3. The molecule has 2 aliphatic carbocycles. The van der Waals surface area contributed by atoms with E-state index in [9.17, 15) is 14.7 Å². The third-order valence-electron chi connectivity index (χ3n) is 7.98. The third kappa shape index (κ3) is 5.45. The molecule has 2 saturated carbocycles. The fraction of sp³-hybridized carbons (Fsp3) is 0.667. The summed E-state index contributed by atoms with van der Waals surface area (Å²) in [6.45, 7) is 6.88. The van der Waals surface area contributed by atoms with Gasteiger partial charge in [0.2, 0.25) is 0 Å². The van der Waals surface area contributed by atoms with Gasteiger partial charge in [0.1, 0.15) is 17.0 Å². The maximum absolute atomic E-state index is 13.3. The van der Waals surface area contributed by atoms with Crippen LogP contribution in [0.4, 0.5) is 0 Å². The van der Waals surface area contributed by atoms with Gasteiger partial charge in [0.25, 0.3) is 11.8 Å². The van der Waals surface area contributed by atoms with Crippen LogP contribution in [0.3, 0.4) is 0 Å². The molecule has 2 N–H and O–H groups in total. The molecule has 2 amide bonds. The predicted octanol–water partition coefficient (Wildman–Crippen LogP) is 4.29. The van der Waals surface area contributed by atoms with E-state index in [2.05, 4.69) is 17.2 Å². The van der Waals surface area contributed by atoms with Crippen LogP contribution in [0, 0.1) is 17.3 Å². The van der Waals surface area contributed by atoms with Gasteiger partial charge >= 0.3 is 0 Å². The van der Waals surface area contributed by atoms with Gasteiger partial charge in [0.05, 0.1) is 5.60 Å². The molecule has 0 saturated heterocycles. The molecule has 34 heavy (non-hydrogen) atoms. The van der Waals surface area contributed by atoms with Crippen molar-refractivity contribution in [2.75, 3.05) is 20.1 Å². The van der Waals surface area contributed by atoms with Crippen molar-refractivity contribution in [1.82, 2.24) is 19.6 Å². The summed E-state index contributed by atoms with van der Waals surface area (Å²) in [6, 6.07) is 5.40. The average Bonchev–Trinajstić information content (AvgIpc) is 3.24. The van der Waals surface area contributed by atoms with Crippen LogP contribution < -0.4 is 5.32 Å². The number of carbonyl (C=O) groups excluding carboxylic acids is 2. The lowest BCUT2D eigenvalue weighted by Gasteiger charge is -2.48. The van der Waals surface area contributed by atoms with E-state index in [0.29, 0.717) is 30.0 Å². The van der Waals surface area contributed by atoms with E-state index >= 15 is 0 Å². The number of aromatic nitrogens is 2. The maximum atomic E-state index is 13.3. The van der Waals surface area contributed by atoms with Gasteiger partial charge in [-0.2, -0.15) is 0 Å². The van der Waals surface area contributed by atoms with E-state index in [1.165, 1.54) is 44.9 Å². The number of fused-ring (bicyclic) bond motifs is 3. The van der Waals surface area contributed by atoms with Crippen molar-refractivity contribution < 1.29 is 14.7 Å². The zero-order valence-corrected chi connectivity index (χ0v) is 21.1. The standard InChI is InChI=1S/C27H40N4O3/c1-5-19-14-20-8-7-11-27(15-19,16-20)18-28-24(32)22-9-6-10-23-29-21(17-31(22)23)25(33)30(4)13-12-26(2,3)34/h6,9-10,17,19-20,34H,5,7-8,11-16,18H2,1-4H3,(H,28,32). The van der Waals surface area contributed by atoms with Crippen molar-refractivity contribution in [3.05, 3.63) is 35.8 Å². The third-order valence-corrected chi connectivity index (χ3v) is 7.98. The quantitative estimate of drug-likeness (QED) is 0.605. The summed E-state index contributed by atoms with van der Waals surface area (Å²) in [7, 11) is 1.70. The Morgan fingerprint density at radius 2 is 2.12 bits per heavy atom. The smallest absolute Gasteiger partial charge is 0.273 e. The first-order valence-corrected chi connectivity index (χ1v) is 12.8. The molecule has 4 rings (SSSR count). The summed E-state index contributed by atoms with van der Waals surface area (Å²) in [6.07, 6.45) is 10.9. The lowest BCUT2D eigenvalue weighted by molar-refractivity contribution is 0.0368. The SMILES string of the molecule is CCC1CC2CCCC(CNC(=O)c3cccc4nc(C(=O)N(C)CCC(C)(C)O)cn34)(C1)C2. The Kier molecular flexibility index (Phi) is 7.04. The van der Waals surface area contributed by atoms with Crippen molar-refractivity contribution in [3.8, 4) is 0 Å². The molecular formula is C27H40N4O3. The highest BCUT2D eigenvalue weighted by molar-refractivity contribution is 5.95. The van der Waals surface area contributed by atoms with E-state index < -0.39 is 5.60 Å². The van der Waals surface area contributed by atoms with Gasteiger partial charge in [-0.3, -0.25) is 14.0 Å². The van der Waals surface area contributed by atoms with Crippen LogP contribution in [-0.2, 0) is 0 Å². The molecular weight excluding hydrogens is 428 g/mol. The van der Waals surface area contributed by atoms with Crippen LogP contribution in [0.5, 0.6) is 0 Å². The lowest BCUT2D eigenvalue weighted by atomic mass is 9.58. The van der Waals surface area contributed by atoms with Crippen LogP contribution in [0.2, 0.25) is 0 Å². The zero-order chi connectivity index (χ0) is 24.5. The lowest BCUT2D eigenvalue weighted by Crippen LogP contribution is -2.45. The first kappa shape index (κ1) is 24.7. The van der Waals surface area contributed by atoms with Gasteiger partial charge in [-0.05, 0) is 75.3 Å². The molecule has 2 bridgehead atoms. The highest BCUT2D eigenvalue weighted by Gasteiger charge is 2.42. The number of hydrogen-bond donors (Lipinski definition) is 2. The fourth-order valence-corrected chi connectivity index (χ4v) is 6.08. The van der Waals surface area contributed by atoms with Crippen LogP contribution in [0.25, 0.3) is 5.65 Å². The second-order valence-electron chi connectivity index (χ2n) is 11.4. The summed E-state index contributed by atoms with van der Waals surface area (Å²) in [5.41, 5.74) is 0.753. The average molecular weight is 469 g/mol. The number of pyridine rings is 1. The number of rotatable bonds is 8. The van der Waals surface area contributed by atoms with Crippen LogP contribution in [-0.4, -0.2) is 56.9 Å². The number of carbonyl (C=O) groups is 2. The monoisotopic (exact) mass is 468 g/mol. The van der Waals surface area contributed by atoms with Crippen LogP contribution >= 0.6 is 0 Å². The van der Waals surface area contributed by atoms with Crippen molar-refractivity contribution in [3.63, 3.8) is 0 Å². The minimum Gasteiger partial charge on any atom is -0.390 e. The number of hydrogen-bond acceptors (Lipinski definition) is 4. The minimum atomic E-state index is -0.841. The second-order valence-corrected chi connectivity index (χ2v) is 11.4. The van der Waals surface area contributed by atoms with E-state index in [0.717, 1.165) is 18.4 Å². The molecule has 7 heteroatoms. The molecule has 2 aliphatic rings. The van der Waals surface area contributed by atoms with Gasteiger partial charge in [0, 0.05) is 26.3 Å². The first-order chi connectivity index (χ1) is 16.1. The Morgan fingerprint density at radius 3 is 2.85 bits per heavy atom. The Bertz CT molecular complexity index is 1040. The van der Waals surface area contributed by atoms with Crippen molar-refractivity contribution >= 4 is 17.5 Å². The molecule has 7 nitrogen and oxygen atoms in total. The molecule has 0 aliphatic heterocycles. The molecule has 2 aromatic rings. The van der Waals surface area contributed by atoms with E-state index in [1.807, 2.05) is 12.1 Å². The number of nitrogens with one attached hydrogen (secondary N) is 1. The maximum Gasteiger partial charge on any atom is 0.273 e. The first-order valence-electron chi connectivity index (χ1n) is 12.8. The zero-order valence-electron chi connectivity index (χ0n) is 21.1. The minimum absolute atomic E-state index is 0.118. The van der Waals surface area contributed by atoms with Crippen molar-refractivity contribution in [2.45, 2.75) is 77.7 Å². The van der Waals surface area contributed by atoms with Gasteiger partial charge in [0.15, 0.2) is 0 Å². The molecule has 3 atom stereocenters. The highest BCUT2D eigenvalue weighted by Crippen LogP contribution is 2.51. The molecule has 186 valence electrons. The second kappa shape index (κ2) is 9.68. The molecule has 2 heterocycles. The van der Waals surface area contributed by atoms with Crippen LogP contribution in [0.1, 0.15) is 93.1 Å². The van der Waals surface area contributed by atoms with E-state index in [1.54, 1.807) is 42.5 Å². The summed E-state index contributed by atoms with van der Waals surface area (Å²) >= 11 is 0. The molecule has 0 radical (unpaired) electrons. The molecule has 3 unspecified atom stereocenters. The van der Waals surface area contributed by atoms with Crippen molar-refractivity contribution in [1.29, 1.82) is 0 Å². The van der Waals surface area contributed by atoms with Gasteiger partial charge in [-0.1, -0.05) is 32.3 Å². The summed E-state index contributed by atoms with van der Waals surface area (Å²) < 4.78 is 1.71. The van der Waals surface area contributed by atoms with Crippen LogP contribution in [0.15, 0.2) is 24.4 Å². The summed E-state index contributed by atoms with van der Waals surface area (Å²) in [5, 5.41) is 13.2. The van der Waals surface area contributed by atoms with Gasteiger partial charge in [-0.15, -0.1) is 0 Å². The Morgan fingerprint density at radius 1 is 1.32 bits per heavy atom. The fourth-order valence-electron chi connectivity index (χ4n) is 6.08. The molecule has 0 spiro atoms. The summed E-state index contributed by atoms with van der Waals surface area (Å²) in [5.74, 6) is 1.24. The number of aliphatic hydroxyl groups is 1. The van der Waals surface area contributed by atoms with Gasteiger partial charge in [-0.25, -0.2) is 4.98 Å². The number of imidazole rings is 1. The Balaban J connectivity index is 1.47. The predicted molar refractivity (Wildman–Crippen MR) is 133 cm³/mol. The number of nitrogens with zero attached hydrogens (tertiary/aromatic N) is 3. The number of amides is 2. The van der Waals surface area contributed by atoms with E-state index in [4.69, 9.17) is 0 Å². The molecule has 2 fully saturated rings. The topological polar surface area (TPSA) is 86.9 Å². The van der Waals surface area contributed by atoms with E-state index in [-0.39, 0.29) is 17.2 Å².